The van der Waals surface area contributed by atoms with Crippen molar-refractivity contribution in [2.24, 2.45) is 0 Å². The summed E-state index contributed by atoms with van der Waals surface area (Å²) in [5.41, 5.74) is 4.25. The molecule has 0 heterocycles. The fourth-order valence-electron chi connectivity index (χ4n) is 3.28. The SMILES string of the molecule is Cc1cc(C)cc(CCC[As](c2ccccc2)c2ccccc2)c1. The number of benzene rings is 3. The molecule has 3 rings (SSSR count). The Morgan fingerprint density at radius 2 is 1.17 bits per heavy atom. The molecule has 0 amide bonds. The number of hydrogen-bond acceptors (Lipinski definition) is 0. The summed E-state index contributed by atoms with van der Waals surface area (Å²) in [5, 5.41) is 1.33. The van der Waals surface area contributed by atoms with Crippen LogP contribution in [0.25, 0.3) is 0 Å². The molecule has 0 saturated heterocycles. The van der Waals surface area contributed by atoms with Crippen LogP contribution in [0.15, 0.2) is 78.9 Å². The maximum absolute atomic E-state index is 2.34. The van der Waals surface area contributed by atoms with Gasteiger partial charge in [0, 0.05) is 0 Å². The first kappa shape index (κ1) is 17.1. The molecule has 24 heavy (non-hydrogen) atoms. The molecule has 1 heteroatoms. The van der Waals surface area contributed by atoms with E-state index in [-0.39, 0.29) is 0 Å². The van der Waals surface area contributed by atoms with Crippen LogP contribution in [0.1, 0.15) is 23.1 Å². The predicted octanol–water partition coefficient (Wildman–Crippen LogP) is 4.55. The summed E-state index contributed by atoms with van der Waals surface area (Å²) in [6.07, 6.45) is 2.46. The van der Waals surface area contributed by atoms with Gasteiger partial charge in [-0.3, -0.25) is 0 Å². The van der Waals surface area contributed by atoms with Crippen molar-refractivity contribution in [3.05, 3.63) is 95.6 Å². The Labute approximate surface area is 150 Å². The van der Waals surface area contributed by atoms with Crippen molar-refractivity contribution < 1.29 is 0 Å². The molecule has 0 fully saturated rings. The van der Waals surface area contributed by atoms with Gasteiger partial charge in [0.1, 0.15) is 0 Å². The average Bonchev–Trinajstić information content (AvgIpc) is 2.59. The number of hydrogen-bond donors (Lipinski definition) is 0. The molecule has 3 aromatic rings. The summed E-state index contributed by atoms with van der Waals surface area (Å²) in [4.78, 5) is 0. The van der Waals surface area contributed by atoms with Crippen LogP contribution < -0.4 is 8.70 Å². The molecule has 0 aliphatic carbocycles. The third-order valence-corrected chi connectivity index (χ3v) is 9.73. The van der Waals surface area contributed by atoms with E-state index in [4.69, 9.17) is 0 Å². The van der Waals surface area contributed by atoms with E-state index in [0.717, 1.165) is 0 Å². The van der Waals surface area contributed by atoms with Gasteiger partial charge in [-0.15, -0.1) is 0 Å². The predicted molar refractivity (Wildman–Crippen MR) is 107 cm³/mol. The van der Waals surface area contributed by atoms with Crippen LogP contribution in [-0.4, -0.2) is 14.7 Å². The summed E-state index contributed by atoms with van der Waals surface area (Å²) in [7, 11) is 0. The van der Waals surface area contributed by atoms with Crippen molar-refractivity contribution in [2.75, 3.05) is 0 Å². The molecule has 0 aromatic heterocycles. The van der Waals surface area contributed by atoms with Crippen LogP contribution in [0.2, 0.25) is 5.21 Å². The zero-order valence-corrected chi connectivity index (χ0v) is 16.5. The summed E-state index contributed by atoms with van der Waals surface area (Å²) in [5.74, 6) is 0. The summed E-state index contributed by atoms with van der Waals surface area (Å²) < 4.78 is 3.13. The Morgan fingerprint density at radius 1 is 0.667 bits per heavy atom. The Balaban J connectivity index is 1.73. The summed E-state index contributed by atoms with van der Waals surface area (Å²) in [6.45, 7) is 4.39. The van der Waals surface area contributed by atoms with E-state index in [2.05, 4.69) is 92.7 Å². The Kier molecular flexibility index (Phi) is 5.94. The van der Waals surface area contributed by atoms with E-state index in [1.54, 1.807) is 8.70 Å². The average molecular weight is 376 g/mol. The quantitative estimate of drug-likeness (QED) is 0.554. The van der Waals surface area contributed by atoms with Crippen LogP contribution in [0, 0.1) is 13.8 Å². The first-order valence-corrected chi connectivity index (χ1v) is 11.9. The minimum absolute atomic E-state index is 1.19. The second-order valence-corrected chi connectivity index (χ2v) is 11.3. The van der Waals surface area contributed by atoms with E-state index in [1.807, 2.05) is 0 Å². The molecule has 0 aliphatic rings. The molecule has 0 unspecified atom stereocenters. The zero-order chi connectivity index (χ0) is 16.8. The van der Waals surface area contributed by atoms with Gasteiger partial charge in [-0.2, -0.15) is 0 Å². The van der Waals surface area contributed by atoms with Gasteiger partial charge in [0.05, 0.1) is 0 Å². The van der Waals surface area contributed by atoms with Crippen molar-refractivity contribution in [1.29, 1.82) is 0 Å². The van der Waals surface area contributed by atoms with Gasteiger partial charge >= 0.3 is 151 Å². The van der Waals surface area contributed by atoms with Gasteiger partial charge in [-0.1, -0.05) is 0 Å². The number of aryl methyl sites for hydroxylation is 3. The van der Waals surface area contributed by atoms with Crippen molar-refractivity contribution in [3.8, 4) is 0 Å². The molecule has 122 valence electrons. The maximum atomic E-state index is 2.34. The van der Waals surface area contributed by atoms with Gasteiger partial charge in [0.15, 0.2) is 0 Å². The molecular formula is C23H25As. The van der Waals surface area contributed by atoms with Crippen molar-refractivity contribution in [1.82, 2.24) is 0 Å². The van der Waals surface area contributed by atoms with Crippen LogP contribution in [-0.2, 0) is 6.42 Å². The zero-order valence-electron chi connectivity index (χ0n) is 14.6. The molecule has 0 N–H and O–H groups in total. The Morgan fingerprint density at radius 3 is 1.67 bits per heavy atom. The van der Waals surface area contributed by atoms with E-state index in [9.17, 15) is 0 Å². The Hall–Kier alpha value is -1.78. The first-order valence-electron chi connectivity index (χ1n) is 8.67. The molecule has 0 radical (unpaired) electrons. The molecule has 0 atom stereocenters. The second-order valence-electron chi connectivity index (χ2n) is 6.42. The van der Waals surface area contributed by atoms with Crippen molar-refractivity contribution in [2.45, 2.75) is 31.9 Å². The van der Waals surface area contributed by atoms with Gasteiger partial charge < -0.3 is 0 Å². The van der Waals surface area contributed by atoms with E-state index in [0.29, 0.717) is 0 Å². The standard InChI is InChI=1S/C23H25As/c1-19-16-20(2)18-21(17-19)10-9-15-24(22-11-5-3-6-12-22)23-13-7-4-8-14-23/h3-8,11-14,16-18H,9-10,15H2,1-2H3. The van der Waals surface area contributed by atoms with Crippen LogP contribution in [0.3, 0.4) is 0 Å². The van der Waals surface area contributed by atoms with E-state index < -0.39 is 14.7 Å². The Bertz CT molecular complexity index is 703. The van der Waals surface area contributed by atoms with Gasteiger partial charge in [-0.05, 0) is 0 Å². The van der Waals surface area contributed by atoms with Gasteiger partial charge in [0.25, 0.3) is 0 Å². The fraction of sp³-hybridized carbons (Fsp3) is 0.217. The van der Waals surface area contributed by atoms with Crippen LogP contribution in [0.4, 0.5) is 0 Å². The van der Waals surface area contributed by atoms with Gasteiger partial charge in [-0.25, -0.2) is 0 Å². The van der Waals surface area contributed by atoms with Crippen LogP contribution in [0.5, 0.6) is 0 Å². The summed E-state index contributed by atoms with van der Waals surface area (Å²) in [6, 6.07) is 29.2. The molecule has 3 aromatic carbocycles. The monoisotopic (exact) mass is 376 g/mol. The normalized spacial score (nSPS) is 11.0. The fourth-order valence-corrected chi connectivity index (χ4v) is 8.21. The first-order chi connectivity index (χ1) is 11.7. The van der Waals surface area contributed by atoms with Gasteiger partial charge in [0.2, 0.25) is 0 Å². The molecular weight excluding hydrogens is 351 g/mol. The molecule has 0 spiro atoms. The van der Waals surface area contributed by atoms with E-state index in [1.165, 1.54) is 34.7 Å². The van der Waals surface area contributed by atoms with Crippen molar-refractivity contribution >= 4 is 23.4 Å². The van der Waals surface area contributed by atoms with Crippen molar-refractivity contribution in [3.63, 3.8) is 0 Å². The summed E-state index contributed by atoms with van der Waals surface area (Å²) >= 11 is -1.20. The second kappa shape index (κ2) is 8.36. The number of rotatable bonds is 6. The third-order valence-electron chi connectivity index (χ3n) is 4.26. The molecule has 0 bridgehead atoms. The molecule has 0 nitrogen and oxygen atoms in total. The minimum atomic E-state index is -1.20. The van der Waals surface area contributed by atoms with Crippen LogP contribution >= 0.6 is 0 Å². The third kappa shape index (κ3) is 4.62. The molecule has 0 saturated carbocycles. The topological polar surface area (TPSA) is 0 Å². The van der Waals surface area contributed by atoms with E-state index >= 15 is 0 Å². The molecule has 0 aliphatic heterocycles.